The second-order valence-electron chi connectivity index (χ2n) is 6.13. The Labute approximate surface area is 170 Å². The summed E-state index contributed by atoms with van der Waals surface area (Å²) in [4.78, 5) is 23.8. The molecule has 0 atom stereocenters. The van der Waals surface area contributed by atoms with Crippen LogP contribution in [0.2, 0.25) is 5.02 Å². The maximum Gasteiger partial charge on any atom is 0.263 e. The van der Waals surface area contributed by atoms with Gasteiger partial charge >= 0.3 is 0 Å². The summed E-state index contributed by atoms with van der Waals surface area (Å²) in [6, 6.07) is 12.2. The Bertz CT molecular complexity index is 1350. The van der Waals surface area contributed by atoms with Gasteiger partial charge in [0, 0.05) is 17.4 Å². The van der Waals surface area contributed by atoms with Gasteiger partial charge in [-0.3, -0.25) is 9.52 Å². The number of aromatic amines is 1. The molecule has 0 amide bonds. The number of halogens is 1. The van der Waals surface area contributed by atoms with Crippen molar-refractivity contribution in [1.29, 1.82) is 0 Å². The Morgan fingerprint density at radius 1 is 1.10 bits per heavy atom. The van der Waals surface area contributed by atoms with Gasteiger partial charge in [0.15, 0.2) is 5.78 Å². The summed E-state index contributed by atoms with van der Waals surface area (Å²) in [6.07, 6.45) is 2.80. The molecule has 0 aliphatic carbocycles. The number of hydrogen-bond acceptors (Lipinski definition) is 6. The van der Waals surface area contributed by atoms with Crippen molar-refractivity contribution >= 4 is 49.9 Å². The molecule has 2 aromatic heterocycles. The molecule has 0 aliphatic heterocycles. The first-order chi connectivity index (χ1) is 13.9. The van der Waals surface area contributed by atoms with Crippen LogP contribution in [0.4, 0.5) is 11.5 Å². The van der Waals surface area contributed by atoms with Gasteiger partial charge in [0.25, 0.3) is 10.0 Å². The third kappa shape index (κ3) is 3.53. The Hall–Kier alpha value is -3.43. The largest absolute Gasteiger partial charge is 0.383 e. The first kappa shape index (κ1) is 18.9. The van der Waals surface area contributed by atoms with Crippen LogP contribution >= 0.6 is 11.6 Å². The molecular weight excluding hydrogens is 414 g/mol. The molecule has 146 valence electrons. The molecule has 4 aromatic rings. The van der Waals surface area contributed by atoms with Crippen LogP contribution in [0.15, 0.2) is 66.0 Å². The summed E-state index contributed by atoms with van der Waals surface area (Å²) in [6.45, 7) is 0. The molecule has 0 aliphatic rings. The Morgan fingerprint density at radius 2 is 1.90 bits per heavy atom. The number of nitrogens with zero attached hydrogens (tertiary/aromatic N) is 2. The molecule has 10 heteroatoms. The first-order valence-corrected chi connectivity index (χ1v) is 10.2. The zero-order valence-corrected chi connectivity index (χ0v) is 16.3. The highest BCUT2D eigenvalue weighted by Crippen LogP contribution is 2.26. The molecule has 2 aromatic carbocycles. The predicted octanol–water partition coefficient (Wildman–Crippen LogP) is 3.23. The summed E-state index contributed by atoms with van der Waals surface area (Å²) in [7, 11) is -3.92. The van der Waals surface area contributed by atoms with Gasteiger partial charge in [-0.05, 0) is 24.3 Å². The van der Waals surface area contributed by atoms with Gasteiger partial charge in [-0.25, -0.2) is 18.4 Å². The lowest BCUT2D eigenvalue weighted by atomic mass is 10.0. The quantitative estimate of drug-likeness (QED) is 0.419. The van der Waals surface area contributed by atoms with Gasteiger partial charge < -0.3 is 10.7 Å². The highest BCUT2D eigenvalue weighted by Gasteiger charge is 2.20. The van der Waals surface area contributed by atoms with Crippen LogP contribution in [0.25, 0.3) is 11.0 Å². The van der Waals surface area contributed by atoms with Crippen molar-refractivity contribution in [2.45, 2.75) is 4.90 Å². The Balaban J connectivity index is 1.69. The van der Waals surface area contributed by atoms with E-state index in [2.05, 4.69) is 19.7 Å². The molecule has 4 N–H and O–H groups in total. The van der Waals surface area contributed by atoms with Crippen LogP contribution in [0.5, 0.6) is 0 Å². The molecule has 8 nitrogen and oxygen atoms in total. The lowest BCUT2D eigenvalue weighted by Gasteiger charge is -2.10. The second kappa shape index (κ2) is 7.19. The minimum Gasteiger partial charge on any atom is -0.383 e. The van der Waals surface area contributed by atoms with Crippen LogP contribution in [0, 0.1) is 0 Å². The molecule has 0 saturated carbocycles. The number of benzene rings is 2. The number of carbonyl (C=O) groups is 1. The molecule has 0 saturated heterocycles. The van der Waals surface area contributed by atoms with Gasteiger partial charge in [-0.1, -0.05) is 35.9 Å². The fourth-order valence-electron chi connectivity index (χ4n) is 2.92. The van der Waals surface area contributed by atoms with Crippen LogP contribution in [0.1, 0.15) is 15.9 Å². The van der Waals surface area contributed by atoms with E-state index in [4.69, 9.17) is 17.3 Å². The number of carbonyl (C=O) groups excluding carboxylic acids is 1. The van der Waals surface area contributed by atoms with Crippen molar-refractivity contribution in [3.05, 3.63) is 77.2 Å². The van der Waals surface area contributed by atoms with E-state index in [-0.39, 0.29) is 32.8 Å². The predicted molar refractivity (Wildman–Crippen MR) is 110 cm³/mol. The number of nitrogen functional groups attached to an aromatic ring is 1. The van der Waals surface area contributed by atoms with Gasteiger partial charge in [0.1, 0.15) is 22.7 Å². The van der Waals surface area contributed by atoms with Crippen LogP contribution in [-0.2, 0) is 10.0 Å². The number of nitrogens with two attached hydrogens (primary N) is 1. The SMILES string of the molecule is Nc1ncnc2[nH]cc(C(=O)c3cccc(NS(=O)(=O)c4ccccc4Cl)c3)c12. The number of fused-ring (bicyclic) bond motifs is 1. The van der Waals surface area contributed by atoms with Crippen LogP contribution in [0.3, 0.4) is 0 Å². The highest BCUT2D eigenvalue weighted by molar-refractivity contribution is 7.92. The van der Waals surface area contributed by atoms with E-state index in [1.807, 2.05) is 0 Å². The second-order valence-corrected chi connectivity index (χ2v) is 8.19. The maximum absolute atomic E-state index is 13.0. The third-order valence-corrected chi connectivity index (χ3v) is 6.13. The van der Waals surface area contributed by atoms with E-state index < -0.39 is 10.0 Å². The Kier molecular flexibility index (Phi) is 4.69. The molecule has 2 heterocycles. The van der Waals surface area contributed by atoms with Crippen molar-refractivity contribution < 1.29 is 13.2 Å². The van der Waals surface area contributed by atoms with E-state index in [1.165, 1.54) is 36.8 Å². The van der Waals surface area contributed by atoms with Crippen molar-refractivity contribution in [3.8, 4) is 0 Å². The summed E-state index contributed by atoms with van der Waals surface area (Å²) in [5.74, 6) is -0.174. The Morgan fingerprint density at radius 3 is 2.69 bits per heavy atom. The fourth-order valence-corrected chi connectivity index (χ4v) is 4.49. The average Bonchev–Trinajstić information content (AvgIpc) is 3.13. The van der Waals surface area contributed by atoms with E-state index >= 15 is 0 Å². The molecular formula is C19H14ClN5O3S. The zero-order valence-electron chi connectivity index (χ0n) is 14.8. The summed E-state index contributed by atoms with van der Waals surface area (Å²) < 4.78 is 27.7. The average molecular weight is 428 g/mol. The van der Waals surface area contributed by atoms with E-state index in [1.54, 1.807) is 24.3 Å². The first-order valence-electron chi connectivity index (χ1n) is 8.36. The molecule has 0 fully saturated rings. The summed E-state index contributed by atoms with van der Waals surface area (Å²) >= 11 is 5.99. The summed E-state index contributed by atoms with van der Waals surface area (Å²) in [5, 5.41) is 0.515. The van der Waals surface area contributed by atoms with Crippen molar-refractivity contribution in [2.75, 3.05) is 10.5 Å². The minimum atomic E-state index is -3.92. The minimum absolute atomic E-state index is 0.0556. The number of nitrogens with one attached hydrogen (secondary N) is 2. The zero-order chi connectivity index (χ0) is 20.6. The van der Waals surface area contributed by atoms with E-state index in [0.29, 0.717) is 16.6 Å². The lowest BCUT2D eigenvalue weighted by Crippen LogP contribution is -2.14. The maximum atomic E-state index is 13.0. The fraction of sp³-hybridized carbons (Fsp3) is 0. The lowest BCUT2D eigenvalue weighted by molar-refractivity contribution is 0.104. The van der Waals surface area contributed by atoms with E-state index in [0.717, 1.165) is 0 Å². The molecule has 0 unspecified atom stereocenters. The highest BCUT2D eigenvalue weighted by atomic mass is 35.5. The number of anilines is 2. The smallest absolute Gasteiger partial charge is 0.263 e. The number of ketones is 1. The number of sulfonamides is 1. The number of H-pyrrole nitrogens is 1. The van der Waals surface area contributed by atoms with Crippen molar-refractivity contribution in [2.24, 2.45) is 0 Å². The standard InChI is InChI=1S/C19H14ClN5O3S/c20-14-6-1-2-7-15(14)29(27,28)25-12-5-3-4-11(8-12)17(26)13-9-22-19-16(13)18(21)23-10-24-19/h1-10,25H,(H3,21,22,23,24). The monoisotopic (exact) mass is 427 g/mol. The van der Waals surface area contributed by atoms with Gasteiger partial charge in [-0.2, -0.15) is 0 Å². The number of rotatable bonds is 5. The molecule has 0 spiro atoms. The van der Waals surface area contributed by atoms with Crippen LogP contribution < -0.4 is 10.5 Å². The van der Waals surface area contributed by atoms with Gasteiger partial charge in [-0.15, -0.1) is 0 Å². The van der Waals surface area contributed by atoms with Gasteiger partial charge in [0.2, 0.25) is 0 Å². The topological polar surface area (TPSA) is 131 Å². The molecule has 0 bridgehead atoms. The molecule has 0 radical (unpaired) electrons. The number of aromatic nitrogens is 3. The molecule has 29 heavy (non-hydrogen) atoms. The number of hydrogen-bond donors (Lipinski definition) is 3. The van der Waals surface area contributed by atoms with E-state index in [9.17, 15) is 13.2 Å². The third-order valence-electron chi connectivity index (χ3n) is 4.25. The molecule has 4 rings (SSSR count). The summed E-state index contributed by atoms with van der Waals surface area (Å²) in [5.41, 5.74) is 7.11. The van der Waals surface area contributed by atoms with Gasteiger partial charge in [0.05, 0.1) is 16.0 Å². The van der Waals surface area contributed by atoms with Crippen LogP contribution in [-0.4, -0.2) is 29.2 Å². The van der Waals surface area contributed by atoms with Crippen molar-refractivity contribution in [3.63, 3.8) is 0 Å². The normalized spacial score (nSPS) is 11.5. The van der Waals surface area contributed by atoms with Crippen molar-refractivity contribution in [1.82, 2.24) is 15.0 Å².